The number of aromatic nitrogens is 2. The van der Waals surface area contributed by atoms with Gasteiger partial charge < -0.3 is 0 Å². The fourth-order valence-corrected chi connectivity index (χ4v) is 4.46. The molecule has 2 aromatic rings. The second-order valence-corrected chi connectivity index (χ2v) is 8.70. The summed E-state index contributed by atoms with van der Waals surface area (Å²) < 4.78 is 65.0. The molecule has 1 N–H and O–H groups in total. The predicted molar refractivity (Wildman–Crippen MR) is 102 cm³/mol. The summed E-state index contributed by atoms with van der Waals surface area (Å²) in [6, 6.07) is 6.89. The maximum absolute atomic E-state index is 12.5. The van der Waals surface area contributed by atoms with E-state index in [1.165, 1.54) is 16.4 Å². The van der Waals surface area contributed by atoms with Gasteiger partial charge in [-0.05, 0) is 43.5 Å². The molecule has 1 fully saturated rings. The lowest BCUT2D eigenvalue weighted by Gasteiger charge is -2.15. The summed E-state index contributed by atoms with van der Waals surface area (Å²) in [6.07, 6.45) is -1.83. The third-order valence-corrected chi connectivity index (χ3v) is 6.47. The van der Waals surface area contributed by atoms with E-state index in [9.17, 15) is 26.4 Å². The molecule has 0 atom stereocenters. The number of hydrazone groups is 1. The van der Waals surface area contributed by atoms with Gasteiger partial charge in [-0.3, -0.25) is 9.48 Å². The second kappa shape index (κ2) is 8.56. The summed E-state index contributed by atoms with van der Waals surface area (Å²) in [5.41, 5.74) is 2.16. The molecule has 0 aliphatic carbocycles. The van der Waals surface area contributed by atoms with Crippen LogP contribution >= 0.6 is 0 Å². The minimum Gasteiger partial charge on any atom is -0.271 e. The monoisotopic (exact) mass is 443 g/mol. The molecular weight excluding hydrogens is 423 g/mol. The minimum atomic E-state index is -4.58. The Bertz CT molecular complexity index is 1040. The van der Waals surface area contributed by atoms with E-state index >= 15 is 0 Å². The highest BCUT2D eigenvalue weighted by Gasteiger charge is 2.33. The zero-order chi connectivity index (χ0) is 21.9. The zero-order valence-corrected chi connectivity index (χ0v) is 16.9. The Kier molecular flexibility index (Phi) is 6.27. The number of sulfonamides is 1. The van der Waals surface area contributed by atoms with Crippen LogP contribution in [0.2, 0.25) is 0 Å². The van der Waals surface area contributed by atoms with E-state index in [1.54, 1.807) is 19.1 Å². The van der Waals surface area contributed by atoms with Crippen LogP contribution in [-0.4, -0.2) is 47.2 Å². The first-order chi connectivity index (χ1) is 14.1. The molecule has 0 spiro atoms. The number of nitrogens with zero attached hydrogens (tertiary/aromatic N) is 4. The van der Waals surface area contributed by atoms with Crippen molar-refractivity contribution in [2.45, 2.75) is 37.4 Å². The average Bonchev–Trinajstić information content (AvgIpc) is 3.38. The van der Waals surface area contributed by atoms with Crippen molar-refractivity contribution >= 4 is 21.6 Å². The van der Waals surface area contributed by atoms with E-state index in [1.807, 2.05) is 0 Å². The topological polar surface area (TPSA) is 96.7 Å². The zero-order valence-electron chi connectivity index (χ0n) is 16.1. The van der Waals surface area contributed by atoms with Crippen molar-refractivity contribution in [3.8, 4) is 0 Å². The molecule has 1 aliphatic heterocycles. The molecule has 0 bridgehead atoms. The molecule has 3 rings (SSSR count). The molecule has 1 saturated heterocycles. The number of benzene rings is 1. The van der Waals surface area contributed by atoms with Crippen LogP contribution in [0.5, 0.6) is 0 Å². The van der Waals surface area contributed by atoms with E-state index in [0.717, 1.165) is 29.8 Å². The first kappa shape index (κ1) is 22.0. The summed E-state index contributed by atoms with van der Waals surface area (Å²) >= 11 is 0. The Morgan fingerprint density at radius 1 is 1.17 bits per heavy atom. The molecule has 1 aromatic carbocycles. The molecule has 0 saturated carbocycles. The fourth-order valence-electron chi connectivity index (χ4n) is 2.94. The van der Waals surface area contributed by atoms with Gasteiger partial charge in [0.25, 0.3) is 5.91 Å². The van der Waals surface area contributed by atoms with Crippen molar-refractivity contribution < 1.29 is 26.4 Å². The highest BCUT2D eigenvalue weighted by atomic mass is 32.2. The fraction of sp³-hybridized carbons (Fsp3) is 0.389. The lowest BCUT2D eigenvalue weighted by Crippen LogP contribution is -2.27. The molecule has 0 radical (unpaired) electrons. The van der Waals surface area contributed by atoms with Crippen LogP contribution in [0.3, 0.4) is 0 Å². The molecule has 8 nitrogen and oxygen atoms in total. The van der Waals surface area contributed by atoms with Crippen molar-refractivity contribution in [1.29, 1.82) is 0 Å². The van der Waals surface area contributed by atoms with E-state index in [0.29, 0.717) is 24.4 Å². The minimum absolute atomic E-state index is 0.184. The Balaban J connectivity index is 1.61. The van der Waals surface area contributed by atoms with Gasteiger partial charge in [0.15, 0.2) is 5.69 Å². The predicted octanol–water partition coefficient (Wildman–Crippen LogP) is 2.23. The summed E-state index contributed by atoms with van der Waals surface area (Å²) in [6.45, 7) is 2.20. The lowest BCUT2D eigenvalue weighted by atomic mass is 10.1. The second-order valence-electron chi connectivity index (χ2n) is 6.76. The molecule has 162 valence electrons. The van der Waals surface area contributed by atoms with Crippen LogP contribution in [0.1, 0.15) is 31.0 Å². The van der Waals surface area contributed by atoms with Gasteiger partial charge in [0.1, 0.15) is 6.54 Å². The number of carbonyl (C=O) groups is 1. The van der Waals surface area contributed by atoms with E-state index < -0.39 is 34.3 Å². The molecule has 1 aromatic heterocycles. The van der Waals surface area contributed by atoms with Gasteiger partial charge in [-0.15, -0.1) is 0 Å². The molecule has 1 aliphatic rings. The third-order valence-electron chi connectivity index (χ3n) is 4.56. The third kappa shape index (κ3) is 5.05. The van der Waals surface area contributed by atoms with E-state index in [-0.39, 0.29) is 4.90 Å². The smallest absolute Gasteiger partial charge is 0.271 e. The van der Waals surface area contributed by atoms with Crippen molar-refractivity contribution in [1.82, 2.24) is 19.5 Å². The van der Waals surface area contributed by atoms with Gasteiger partial charge in [-0.2, -0.15) is 27.7 Å². The first-order valence-corrected chi connectivity index (χ1v) is 10.6. The van der Waals surface area contributed by atoms with Crippen LogP contribution < -0.4 is 5.43 Å². The standard InChI is InChI=1S/C18H20F3N5O3S/c1-13(22-23-17(27)12-25-11-8-16(24-25)18(19,20)21)14-4-6-15(7-5-14)30(28,29)26-9-2-3-10-26/h4-8,11H,2-3,9-10,12H2,1H3,(H,23,27)/b22-13+. The van der Waals surface area contributed by atoms with Crippen LogP contribution in [-0.2, 0) is 27.5 Å². The molecule has 1 amide bonds. The maximum atomic E-state index is 12.5. The maximum Gasteiger partial charge on any atom is 0.435 e. The summed E-state index contributed by atoms with van der Waals surface area (Å²) in [7, 11) is -3.52. The van der Waals surface area contributed by atoms with Crippen LogP contribution in [0.15, 0.2) is 46.5 Å². The number of halogens is 3. The van der Waals surface area contributed by atoms with Crippen LogP contribution in [0, 0.1) is 0 Å². The van der Waals surface area contributed by atoms with E-state index in [4.69, 9.17) is 0 Å². The van der Waals surface area contributed by atoms with Gasteiger partial charge in [0, 0.05) is 19.3 Å². The summed E-state index contributed by atoms with van der Waals surface area (Å²) in [4.78, 5) is 12.1. The largest absolute Gasteiger partial charge is 0.435 e. The van der Waals surface area contributed by atoms with E-state index in [2.05, 4.69) is 15.6 Å². The Morgan fingerprint density at radius 3 is 2.37 bits per heavy atom. The first-order valence-electron chi connectivity index (χ1n) is 9.12. The lowest BCUT2D eigenvalue weighted by molar-refractivity contribution is -0.141. The number of nitrogens with one attached hydrogen (secondary N) is 1. The average molecular weight is 443 g/mol. The van der Waals surface area contributed by atoms with Gasteiger partial charge in [-0.1, -0.05) is 12.1 Å². The normalized spacial score (nSPS) is 16.1. The van der Waals surface area contributed by atoms with Gasteiger partial charge >= 0.3 is 6.18 Å². The van der Waals surface area contributed by atoms with Crippen molar-refractivity contribution in [2.75, 3.05) is 13.1 Å². The molecule has 2 heterocycles. The van der Waals surface area contributed by atoms with Crippen molar-refractivity contribution in [3.63, 3.8) is 0 Å². The molecule has 12 heteroatoms. The highest BCUT2D eigenvalue weighted by Crippen LogP contribution is 2.27. The van der Waals surface area contributed by atoms with Crippen molar-refractivity contribution in [2.24, 2.45) is 5.10 Å². The molecule has 0 unspecified atom stereocenters. The number of hydrogen-bond acceptors (Lipinski definition) is 5. The Hall–Kier alpha value is -2.73. The van der Waals surface area contributed by atoms with Crippen molar-refractivity contribution in [3.05, 3.63) is 47.8 Å². The summed E-state index contributed by atoms with van der Waals surface area (Å²) in [5.74, 6) is -0.653. The van der Waals surface area contributed by atoms with Crippen LogP contribution in [0.25, 0.3) is 0 Å². The SMILES string of the molecule is C/C(=N\NC(=O)Cn1ccc(C(F)(F)F)n1)c1ccc(S(=O)(=O)N2CCCC2)cc1. The number of amides is 1. The quantitative estimate of drug-likeness (QED) is 0.547. The number of hydrogen-bond donors (Lipinski definition) is 1. The Labute approximate surface area is 171 Å². The number of alkyl halides is 3. The number of carbonyl (C=O) groups excluding carboxylic acids is 1. The van der Waals surface area contributed by atoms with Gasteiger partial charge in [-0.25, -0.2) is 13.8 Å². The number of rotatable bonds is 6. The summed E-state index contributed by atoms with van der Waals surface area (Å²) in [5, 5.41) is 7.20. The Morgan fingerprint density at radius 2 is 1.80 bits per heavy atom. The molecule has 30 heavy (non-hydrogen) atoms. The molecular formula is C18H20F3N5O3S. The van der Waals surface area contributed by atoms with Crippen LogP contribution in [0.4, 0.5) is 13.2 Å². The van der Waals surface area contributed by atoms with Gasteiger partial charge in [0.05, 0.1) is 10.6 Å². The van der Waals surface area contributed by atoms with Gasteiger partial charge in [0.2, 0.25) is 10.0 Å². The highest BCUT2D eigenvalue weighted by molar-refractivity contribution is 7.89.